The first kappa shape index (κ1) is 16.7. The van der Waals surface area contributed by atoms with Gasteiger partial charge in [0, 0.05) is 21.4 Å². The lowest BCUT2D eigenvalue weighted by molar-refractivity contribution is 0.447. The maximum absolute atomic E-state index is 13.9. The van der Waals surface area contributed by atoms with Gasteiger partial charge < -0.3 is 4.74 Å². The number of hydrogen-bond donors (Lipinski definition) is 0. The van der Waals surface area contributed by atoms with Gasteiger partial charge in [-0.2, -0.15) is 5.26 Å². The molecule has 4 nitrogen and oxygen atoms in total. The number of fused-ring (bicyclic) bond motifs is 1. The molecule has 3 aromatic rings. The largest absolute Gasteiger partial charge is 0.451 e. The topological polar surface area (TPSA) is 67.2 Å². The van der Waals surface area contributed by atoms with E-state index in [-0.39, 0.29) is 26.3 Å². The van der Waals surface area contributed by atoms with E-state index in [0.29, 0.717) is 10.1 Å². The second kappa shape index (κ2) is 6.06. The highest BCUT2D eigenvalue weighted by Crippen LogP contribution is 2.41. The summed E-state index contributed by atoms with van der Waals surface area (Å²) in [5.41, 5.74) is 0. The molecular formula is C16H9ClFNO3S2. The summed E-state index contributed by atoms with van der Waals surface area (Å²) < 4.78 is 43.4. The second-order valence-electron chi connectivity index (χ2n) is 4.98. The van der Waals surface area contributed by atoms with Crippen molar-refractivity contribution in [2.45, 2.75) is 4.90 Å². The van der Waals surface area contributed by atoms with Crippen LogP contribution in [0.25, 0.3) is 10.1 Å². The van der Waals surface area contributed by atoms with Gasteiger partial charge in [-0.25, -0.2) is 12.8 Å². The summed E-state index contributed by atoms with van der Waals surface area (Å²) in [6.45, 7) is 0. The maximum atomic E-state index is 13.9. The first-order valence-corrected chi connectivity index (χ1v) is 9.68. The van der Waals surface area contributed by atoms with Gasteiger partial charge in [-0.05, 0) is 36.4 Å². The molecular weight excluding hydrogens is 373 g/mol. The Balaban J connectivity index is 2.15. The van der Waals surface area contributed by atoms with Crippen LogP contribution >= 0.6 is 22.9 Å². The summed E-state index contributed by atoms with van der Waals surface area (Å²) in [5, 5.41) is 10.1. The summed E-state index contributed by atoms with van der Waals surface area (Å²) in [7, 11) is -3.37. The van der Waals surface area contributed by atoms with Crippen molar-refractivity contribution in [1.29, 1.82) is 5.26 Å². The summed E-state index contributed by atoms with van der Waals surface area (Å²) in [6.07, 6.45) is 1.10. The Bertz CT molecular complexity index is 1100. The number of hydrogen-bond acceptors (Lipinski definition) is 5. The molecule has 8 heteroatoms. The van der Waals surface area contributed by atoms with Gasteiger partial charge >= 0.3 is 0 Å². The number of nitrogens with zero attached hydrogens (tertiary/aromatic N) is 1. The summed E-state index contributed by atoms with van der Waals surface area (Å²) in [4.78, 5) is 0.370. The van der Waals surface area contributed by atoms with E-state index in [9.17, 15) is 18.1 Å². The Morgan fingerprint density at radius 1 is 1.25 bits per heavy atom. The minimum absolute atomic E-state index is 0.0669. The van der Waals surface area contributed by atoms with Crippen LogP contribution in [0.15, 0.2) is 41.3 Å². The number of nitriles is 1. The van der Waals surface area contributed by atoms with Crippen molar-refractivity contribution in [3.63, 3.8) is 0 Å². The van der Waals surface area contributed by atoms with Gasteiger partial charge in [-0.1, -0.05) is 11.6 Å². The average molecular weight is 382 g/mol. The predicted molar refractivity (Wildman–Crippen MR) is 91.1 cm³/mol. The van der Waals surface area contributed by atoms with E-state index >= 15 is 0 Å². The van der Waals surface area contributed by atoms with Crippen LogP contribution in [0.1, 0.15) is 4.88 Å². The zero-order valence-corrected chi connectivity index (χ0v) is 14.6. The molecule has 0 fully saturated rings. The quantitative estimate of drug-likeness (QED) is 0.655. The van der Waals surface area contributed by atoms with Crippen LogP contribution < -0.4 is 4.74 Å². The second-order valence-corrected chi connectivity index (χ2v) is 8.48. The van der Waals surface area contributed by atoms with Gasteiger partial charge in [0.2, 0.25) is 0 Å². The highest BCUT2D eigenvalue weighted by Gasteiger charge is 2.18. The molecule has 1 aromatic heterocycles. The first-order chi connectivity index (χ1) is 11.3. The predicted octanol–water partition coefficient (Wildman–Crippen LogP) is 4.76. The minimum atomic E-state index is -3.37. The highest BCUT2D eigenvalue weighted by molar-refractivity contribution is 7.90. The zero-order valence-electron chi connectivity index (χ0n) is 12.2. The van der Waals surface area contributed by atoms with Gasteiger partial charge in [-0.3, -0.25) is 0 Å². The first-order valence-electron chi connectivity index (χ1n) is 6.59. The van der Waals surface area contributed by atoms with Crippen LogP contribution in [0.3, 0.4) is 0 Å². The molecule has 0 aliphatic carbocycles. The molecule has 0 saturated carbocycles. The number of sulfone groups is 1. The molecule has 3 rings (SSSR count). The molecule has 0 saturated heterocycles. The number of benzene rings is 2. The maximum Gasteiger partial charge on any atom is 0.175 e. The van der Waals surface area contributed by atoms with E-state index < -0.39 is 15.7 Å². The monoisotopic (exact) mass is 381 g/mol. The van der Waals surface area contributed by atoms with Gasteiger partial charge in [0.05, 0.1) is 4.90 Å². The van der Waals surface area contributed by atoms with E-state index in [1.54, 1.807) is 6.07 Å². The third-order valence-electron chi connectivity index (χ3n) is 3.25. The number of ether oxygens (including phenoxy) is 1. The van der Waals surface area contributed by atoms with Gasteiger partial charge in [-0.15, -0.1) is 11.3 Å². The Morgan fingerprint density at radius 2 is 2.00 bits per heavy atom. The lowest BCUT2D eigenvalue weighted by Crippen LogP contribution is -1.95. The van der Waals surface area contributed by atoms with Crippen molar-refractivity contribution >= 4 is 42.9 Å². The molecule has 0 amide bonds. The molecule has 0 atom stereocenters. The standard InChI is InChI=1S/C16H9ClFNO3S2/c1-24(20,21)10-3-4-11-14(7-10)23-15(8-19)16(11)22-13-5-2-9(17)6-12(13)18/h2-7H,1H3. The third-order valence-corrected chi connectivity index (χ3v) is 5.64. The van der Waals surface area contributed by atoms with Crippen LogP contribution in [0.5, 0.6) is 11.5 Å². The number of thiophene rings is 1. The van der Waals surface area contributed by atoms with Gasteiger partial charge in [0.25, 0.3) is 0 Å². The third kappa shape index (κ3) is 3.08. The molecule has 0 aliphatic rings. The molecule has 2 aromatic carbocycles. The van der Waals surface area contributed by atoms with Crippen LogP contribution in [-0.2, 0) is 9.84 Å². The molecule has 0 unspecified atom stereocenters. The normalized spacial score (nSPS) is 11.4. The van der Waals surface area contributed by atoms with E-state index in [1.807, 2.05) is 6.07 Å². The van der Waals surface area contributed by atoms with E-state index in [4.69, 9.17) is 16.3 Å². The number of halogens is 2. The van der Waals surface area contributed by atoms with Crippen molar-refractivity contribution in [3.05, 3.63) is 52.1 Å². The molecule has 122 valence electrons. The van der Waals surface area contributed by atoms with Crippen LogP contribution in [0.2, 0.25) is 5.02 Å². The van der Waals surface area contributed by atoms with Crippen molar-refractivity contribution in [2.24, 2.45) is 0 Å². The Kier molecular flexibility index (Phi) is 4.22. The van der Waals surface area contributed by atoms with Gasteiger partial charge in [0.15, 0.2) is 27.2 Å². The van der Waals surface area contributed by atoms with E-state index in [0.717, 1.165) is 23.7 Å². The van der Waals surface area contributed by atoms with Crippen LogP contribution in [0.4, 0.5) is 4.39 Å². The van der Waals surface area contributed by atoms with Crippen LogP contribution in [-0.4, -0.2) is 14.7 Å². The zero-order chi connectivity index (χ0) is 17.5. The highest BCUT2D eigenvalue weighted by atomic mass is 35.5. The summed E-state index contributed by atoms with van der Waals surface area (Å²) in [5.74, 6) is -0.528. The Morgan fingerprint density at radius 3 is 2.62 bits per heavy atom. The Hall–Kier alpha value is -2.14. The van der Waals surface area contributed by atoms with Crippen molar-refractivity contribution in [3.8, 4) is 17.6 Å². The van der Waals surface area contributed by atoms with E-state index in [1.165, 1.54) is 24.3 Å². The van der Waals surface area contributed by atoms with Crippen molar-refractivity contribution in [1.82, 2.24) is 0 Å². The van der Waals surface area contributed by atoms with Gasteiger partial charge in [0.1, 0.15) is 10.9 Å². The number of rotatable bonds is 3. The van der Waals surface area contributed by atoms with Crippen molar-refractivity contribution in [2.75, 3.05) is 6.26 Å². The lowest BCUT2D eigenvalue weighted by Gasteiger charge is -2.07. The SMILES string of the molecule is CS(=O)(=O)c1ccc2c(Oc3ccc(Cl)cc3F)c(C#N)sc2c1. The molecule has 0 aliphatic heterocycles. The molecule has 0 radical (unpaired) electrons. The molecule has 0 bridgehead atoms. The molecule has 1 heterocycles. The fourth-order valence-corrected chi connectivity index (χ4v) is 3.97. The Labute approximate surface area is 146 Å². The molecule has 0 N–H and O–H groups in total. The molecule has 0 spiro atoms. The van der Waals surface area contributed by atoms with Crippen molar-refractivity contribution < 1.29 is 17.5 Å². The van der Waals surface area contributed by atoms with E-state index in [2.05, 4.69) is 0 Å². The average Bonchev–Trinajstić information content (AvgIpc) is 2.86. The fraction of sp³-hybridized carbons (Fsp3) is 0.0625. The minimum Gasteiger partial charge on any atom is -0.451 e. The lowest BCUT2D eigenvalue weighted by atomic mass is 10.2. The molecule has 24 heavy (non-hydrogen) atoms. The smallest absolute Gasteiger partial charge is 0.175 e. The fourth-order valence-electron chi connectivity index (χ4n) is 2.13. The van der Waals surface area contributed by atoms with Crippen LogP contribution in [0, 0.1) is 17.1 Å². The summed E-state index contributed by atoms with van der Waals surface area (Å²) in [6, 6.07) is 10.4. The summed E-state index contributed by atoms with van der Waals surface area (Å²) >= 11 is 6.79.